The summed E-state index contributed by atoms with van der Waals surface area (Å²) in [6.07, 6.45) is 2.97. The molecular weight excluding hydrogens is 272 g/mol. The Morgan fingerprint density at radius 3 is 2.40 bits per heavy atom. The molecular formula is C15H20N2O2S. The third-order valence-corrected chi connectivity index (χ3v) is 4.50. The van der Waals surface area contributed by atoms with E-state index in [1.54, 1.807) is 24.3 Å². The maximum atomic E-state index is 12.0. The topological polar surface area (TPSA) is 58.2 Å². The fourth-order valence-electron chi connectivity index (χ4n) is 2.28. The summed E-state index contributed by atoms with van der Waals surface area (Å²) in [7, 11) is 0. The third kappa shape index (κ3) is 4.89. The van der Waals surface area contributed by atoms with Gasteiger partial charge >= 0.3 is 0 Å². The Morgan fingerprint density at radius 1 is 1.20 bits per heavy atom. The number of hydrogen-bond acceptors (Lipinski definition) is 3. The molecule has 0 radical (unpaired) electrons. The molecule has 20 heavy (non-hydrogen) atoms. The molecule has 1 unspecified atom stereocenters. The van der Waals surface area contributed by atoms with Crippen molar-refractivity contribution in [2.24, 2.45) is 5.92 Å². The zero-order valence-corrected chi connectivity index (χ0v) is 12.5. The molecule has 1 aromatic rings. The van der Waals surface area contributed by atoms with E-state index >= 15 is 0 Å². The minimum Gasteiger partial charge on any atom is -0.326 e. The van der Waals surface area contributed by atoms with E-state index in [4.69, 9.17) is 0 Å². The predicted octanol–water partition coefficient (Wildman–Crippen LogP) is 3.12. The van der Waals surface area contributed by atoms with Crippen molar-refractivity contribution in [2.75, 3.05) is 22.1 Å². The molecule has 0 aromatic heterocycles. The second kappa shape index (κ2) is 7.33. The molecule has 1 saturated heterocycles. The first-order valence-corrected chi connectivity index (χ1v) is 8.04. The van der Waals surface area contributed by atoms with Gasteiger partial charge in [0.1, 0.15) is 0 Å². The van der Waals surface area contributed by atoms with E-state index in [9.17, 15) is 9.59 Å². The van der Waals surface area contributed by atoms with E-state index in [1.165, 1.54) is 19.1 Å². The minimum atomic E-state index is -0.100. The van der Waals surface area contributed by atoms with Crippen LogP contribution in [0, 0.1) is 5.92 Å². The van der Waals surface area contributed by atoms with Crippen molar-refractivity contribution >= 4 is 35.0 Å². The molecule has 0 aliphatic carbocycles. The van der Waals surface area contributed by atoms with Crippen molar-refractivity contribution in [1.82, 2.24) is 0 Å². The molecule has 1 fully saturated rings. The van der Waals surface area contributed by atoms with Crippen LogP contribution >= 0.6 is 11.8 Å². The first-order valence-electron chi connectivity index (χ1n) is 6.89. The van der Waals surface area contributed by atoms with Crippen LogP contribution in [-0.4, -0.2) is 23.3 Å². The largest absolute Gasteiger partial charge is 0.326 e. The molecule has 0 saturated carbocycles. The lowest BCUT2D eigenvalue weighted by Crippen LogP contribution is -2.20. The second-order valence-electron chi connectivity index (χ2n) is 5.09. The summed E-state index contributed by atoms with van der Waals surface area (Å²) in [5.74, 6) is 2.80. The molecule has 0 bridgehead atoms. The van der Waals surface area contributed by atoms with Crippen LogP contribution in [0.3, 0.4) is 0 Å². The quantitative estimate of drug-likeness (QED) is 0.896. The highest BCUT2D eigenvalue weighted by Gasteiger charge is 2.17. The van der Waals surface area contributed by atoms with Crippen molar-refractivity contribution in [1.29, 1.82) is 0 Å². The van der Waals surface area contributed by atoms with Crippen LogP contribution in [0.5, 0.6) is 0 Å². The Bertz CT molecular complexity index is 467. The van der Waals surface area contributed by atoms with Gasteiger partial charge in [-0.15, -0.1) is 0 Å². The summed E-state index contributed by atoms with van der Waals surface area (Å²) in [4.78, 5) is 22.9. The number of carbonyl (C=O) groups excluding carboxylic acids is 2. The van der Waals surface area contributed by atoms with Gasteiger partial charge in [-0.1, -0.05) is 0 Å². The lowest BCUT2D eigenvalue weighted by Gasteiger charge is -2.20. The van der Waals surface area contributed by atoms with Crippen LogP contribution < -0.4 is 10.6 Å². The smallest absolute Gasteiger partial charge is 0.224 e. The van der Waals surface area contributed by atoms with Crippen molar-refractivity contribution in [2.45, 2.75) is 26.2 Å². The standard InChI is InChI=1S/C15H20N2O2S/c1-11(18)16-13-4-6-14(7-5-13)17-15(19)9-12-3-2-8-20-10-12/h4-7,12H,2-3,8-10H2,1H3,(H,16,18)(H,17,19). The summed E-state index contributed by atoms with van der Waals surface area (Å²) < 4.78 is 0. The Morgan fingerprint density at radius 2 is 1.85 bits per heavy atom. The van der Waals surface area contributed by atoms with E-state index in [2.05, 4.69) is 10.6 Å². The molecule has 1 aliphatic rings. The van der Waals surface area contributed by atoms with Gasteiger partial charge in [-0.05, 0) is 54.5 Å². The van der Waals surface area contributed by atoms with Gasteiger partial charge in [0.15, 0.2) is 0 Å². The first-order chi connectivity index (χ1) is 9.63. The summed E-state index contributed by atoms with van der Waals surface area (Å²) in [5.41, 5.74) is 1.51. The predicted molar refractivity (Wildman–Crippen MR) is 84.0 cm³/mol. The van der Waals surface area contributed by atoms with E-state index in [0.717, 1.165) is 23.5 Å². The van der Waals surface area contributed by atoms with Gasteiger partial charge in [0.05, 0.1) is 0 Å². The molecule has 0 spiro atoms. The van der Waals surface area contributed by atoms with Crippen LogP contribution in [0.25, 0.3) is 0 Å². The van der Waals surface area contributed by atoms with Gasteiger partial charge in [-0.25, -0.2) is 0 Å². The van der Waals surface area contributed by atoms with Crippen LogP contribution in [0.15, 0.2) is 24.3 Å². The summed E-state index contributed by atoms with van der Waals surface area (Å²) in [5, 5.41) is 5.61. The van der Waals surface area contributed by atoms with E-state index < -0.39 is 0 Å². The number of amides is 2. The zero-order chi connectivity index (χ0) is 14.4. The number of carbonyl (C=O) groups is 2. The normalized spacial score (nSPS) is 18.4. The van der Waals surface area contributed by atoms with Crippen LogP contribution in [0.4, 0.5) is 11.4 Å². The highest BCUT2D eigenvalue weighted by atomic mass is 32.2. The first kappa shape index (κ1) is 14.9. The van der Waals surface area contributed by atoms with Gasteiger partial charge in [0, 0.05) is 24.7 Å². The van der Waals surface area contributed by atoms with Crippen LogP contribution in [0.2, 0.25) is 0 Å². The monoisotopic (exact) mass is 292 g/mol. The Balaban J connectivity index is 1.82. The van der Waals surface area contributed by atoms with Gasteiger partial charge in [-0.2, -0.15) is 11.8 Å². The molecule has 4 nitrogen and oxygen atoms in total. The van der Waals surface area contributed by atoms with Crippen molar-refractivity contribution in [3.05, 3.63) is 24.3 Å². The summed E-state index contributed by atoms with van der Waals surface area (Å²) in [6.45, 7) is 1.47. The Labute approximate surface area is 123 Å². The average molecular weight is 292 g/mol. The van der Waals surface area contributed by atoms with E-state index in [-0.39, 0.29) is 11.8 Å². The molecule has 2 N–H and O–H groups in total. The molecule has 1 aliphatic heterocycles. The van der Waals surface area contributed by atoms with Crippen molar-refractivity contribution in [3.63, 3.8) is 0 Å². The number of nitrogens with one attached hydrogen (secondary N) is 2. The van der Waals surface area contributed by atoms with Crippen LogP contribution in [0.1, 0.15) is 26.2 Å². The van der Waals surface area contributed by atoms with Gasteiger partial charge in [0.25, 0.3) is 0 Å². The number of thioether (sulfide) groups is 1. The molecule has 1 aromatic carbocycles. The SMILES string of the molecule is CC(=O)Nc1ccc(NC(=O)CC2CCCSC2)cc1. The molecule has 1 atom stereocenters. The molecule has 1 heterocycles. The van der Waals surface area contributed by atoms with Crippen molar-refractivity contribution in [3.8, 4) is 0 Å². The lowest BCUT2D eigenvalue weighted by molar-refractivity contribution is -0.117. The lowest BCUT2D eigenvalue weighted by atomic mass is 10.0. The number of benzene rings is 1. The molecule has 108 valence electrons. The zero-order valence-electron chi connectivity index (χ0n) is 11.6. The van der Waals surface area contributed by atoms with Crippen LogP contribution in [-0.2, 0) is 9.59 Å². The highest BCUT2D eigenvalue weighted by molar-refractivity contribution is 7.99. The van der Waals surface area contributed by atoms with Gasteiger partial charge in [0.2, 0.25) is 11.8 Å². The average Bonchev–Trinajstić information content (AvgIpc) is 2.41. The minimum absolute atomic E-state index is 0.0739. The molecule has 5 heteroatoms. The third-order valence-electron chi connectivity index (χ3n) is 3.22. The van der Waals surface area contributed by atoms with E-state index in [0.29, 0.717) is 12.3 Å². The Kier molecular flexibility index (Phi) is 5.47. The van der Waals surface area contributed by atoms with Gasteiger partial charge < -0.3 is 10.6 Å². The maximum absolute atomic E-state index is 12.0. The van der Waals surface area contributed by atoms with Gasteiger partial charge in [-0.3, -0.25) is 9.59 Å². The number of rotatable bonds is 4. The fourth-order valence-corrected chi connectivity index (χ4v) is 3.44. The van der Waals surface area contributed by atoms with Crippen molar-refractivity contribution < 1.29 is 9.59 Å². The number of anilines is 2. The highest BCUT2D eigenvalue weighted by Crippen LogP contribution is 2.25. The Hall–Kier alpha value is -1.49. The fraction of sp³-hybridized carbons (Fsp3) is 0.467. The maximum Gasteiger partial charge on any atom is 0.224 e. The van der Waals surface area contributed by atoms with E-state index in [1.807, 2.05) is 11.8 Å². The molecule has 2 rings (SSSR count). The number of hydrogen-bond donors (Lipinski definition) is 2. The second-order valence-corrected chi connectivity index (χ2v) is 6.24. The molecule has 2 amide bonds. The summed E-state index contributed by atoms with van der Waals surface area (Å²) in [6, 6.07) is 7.18. The summed E-state index contributed by atoms with van der Waals surface area (Å²) >= 11 is 1.94.